The lowest BCUT2D eigenvalue weighted by Gasteiger charge is -2.47. The maximum absolute atomic E-state index is 13.6. The number of aliphatic hydroxyl groups is 1. The maximum atomic E-state index is 13.6. The summed E-state index contributed by atoms with van der Waals surface area (Å²) in [5.41, 5.74) is 1.55. The quantitative estimate of drug-likeness (QED) is 0.134. The Hall–Kier alpha value is -6.55. The van der Waals surface area contributed by atoms with Crippen molar-refractivity contribution in [1.29, 1.82) is 0 Å². The third-order valence-electron chi connectivity index (χ3n) is 14.8. The second-order valence-corrected chi connectivity index (χ2v) is 21.8. The van der Waals surface area contributed by atoms with Gasteiger partial charge in [-0.25, -0.2) is 19.6 Å². The number of rotatable bonds is 14. The van der Waals surface area contributed by atoms with Crippen molar-refractivity contribution >= 4 is 53.3 Å². The molecule has 73 heavy (non-hydrogen) atoms. The molecule has 4 amide bonds. The molecule has 4 bridgehead atoms. The molecule has 2 atom stereocenters. The van der Waals surface area contributed by atoms with Crippen molar-refractivity contribution in [1.82, 2.24) is 40.0 Å². The maximum Gasteiger partial charge on any atom is 0.410 e. The van der Waals surface area contributed by atoms with Crippen LogP contribution in [0.5, 0.6) is 5.75 Å². The van der Waals surface area contributed by atoms with E-state index in [2.05, 4.69) is 40.7 Å². The summed E-state index contributed by atoms with van der Waals surface area (Å²) in [6.45, 7) is 14.7. The summed E-state index contributed by atoms with van der Waals surface area (Å²) in [4.78, 5) is 89.7. The average molecular weight is 1010 g/mol. The number of anilines is 4. The van der Waals surface area contributed by atoms with Crippen LogP contribution in [0.25, 0.3) is 0 Å². The highest BCUT2D eigenvalue weighted by Crippen LogP contribution is 2.42. The molecule has 0 spiro atoms. The lowest BCUT2D eigenvalue weighted by molar-refractivity contribution is -0.133. The fourth-order valence-corrected chi connectivity index (χ4v) is 10.9. The van der Waals surface area contributed by atoms with Crippen LogP contribution < -0.4 is 30.5 Å². The van der Waals surface area contributed by atoms with Gasteiger partial charge in [0, 0.05) is 98.5 Å². The smallest absolute Gasteiger partial charge is 0.410 e. The monoisotopic (exact) mass is 1010 g/mol. The number of fused-ring (bicyclic) bond motifs is 5. The molecular weight excluding hydrogens is 941 g/mol. The third-order valence-corrected chi connectivity index (χ3v) is 14.8. The number of benzene rings is 1. The first kappa shape index (κ1) is 51.4. The van der Waals surface area contributed by atoms with Crippen LogP contribution in [-0.4, -0.2) is 179 Å². The molecule has 22 heteroatoms. The number of aliphatic hydroxyl groups excluding tert-OH is 1. The van der Waals surface area contributed by atoms with Crippen LogP contribution in [-0.2, 0) is 36.8 Å². The Labute approximate surface area is 425 Å². The van der Waals surface area contributed by atoms with Gasteiger partial charge in [-0.15, -0.1) is 0 Å². The number of ether oxygens (including phenoxy) is 4. The molecule has 2 aliphatic carbocycles. The number of nitrogens with one attached hydrogen (secondary N) is 3. The van der Waals surface area contributed by atoms with Crippen molar-refractivity contribution < 1.29 is 48.0 Å². The van der Waals surface area contributed by atoms with E-state index in [0.29, 0.717) is 73.7 Å². The van der Waals surface area contributed by atoms with E-state index in [9.17, 15) is 29.1 Å². The number of amides is 4. The van der Waals surface area contributed by atoms with Gasteiger partial charge in [-0.2, -0.15) is 9.97 Å². The lowest BCUT2D eigenvalue weighted by atomic mass is 9.71. The largest absolute Gasteiger partial charge is 0.468 e. The van der Waals surface area contributed by atoms with Gasteiger partial charge < -0.3 is 59.6 Å². The van der Waals surface area contributed by atoms with E-state index in [-0.39, 0.29) is 55.2 Å². The van der Waals surface area contributed by atoms with Gasteiger partial charge in [0.2, 0.25) is 23.7 Å². The van der Waals surface area contributed by atoms with Crippen molar-refractivity contribution in [3.8, 4) is 5.75 Å². The first-order valence-electron chi connectivity index (χ1n) is 25.5. The topological polar surface area (TPSA) is 246 Å². The molecule has 2 aromatic heterocycles. The van der Waals surface area contributed by atoms with Crippen LogP contribution in [0.1, 0.15) is 92.4 Å². The minimum atomic E-state index is -1.10. The number of hydrogen-bond acceptors (Lipinski definition) is 18. The predicted octanol–water partition coefficient (Wildman–Crippen LogP) is 3.15. The molecule has 6 saturated heterocycles. The van der Waals surface area contributed by atoms with Crippen LogP contribution in [0.3, 0.4) is 0 Å². The standard InChI is InChI=1S/C34H47N7O7.C17H23N5O3/c1-20(42)39-17-25(18-39)36-30-12-27(37-32(38-30)40-14-21-8-22(9-21)15-40)31(44)35-13-29(43)28-11-23-6-7-26(47-19-46-5)10-24(23)16-41(28)33(45)48-34(2,3)4;1-10(23)21-8-13(9-21)18-15-5-14(16(24)25-2)19-17(20-15)22-6-11-3-12(4-11)7-22/h6-7,10,12,21-22,25,28-29,43H,8-9,11,13-19H2,1-5H3,(H,35,44)(H,36,37,38);5,11-13H,3-4,6-9H2,1-2H3,(H,18,19,20)/t21?,22?,28-,29+;/m0./s1. The Morgan fingerprint density at radius 3 is 1.73 bits per heavy atom. The van der Waals surface area contributed by atoms with Crippen molar-refractivity contribution in [2.45, 2.75) is 103 Å². The van der Waals surface area contributed by atoms with Gasteiger partial charge in [-0.05, 0) is 99.8 Å². The molecule has 3 aromatic rings. The summed E-state index contributed by atoms with van der Waals surface area (Å²) in [5, 5.41) is 21.0. The molecule has 2 saturated carbocycles. The van der Waals surface area contributed by atoms with E-state index in [1.807, 2.05) is 18.2 Å². The van der Waals surface area contributed by atoms with Crippen molar-refractivity contribution in [2.75, 3.05) is 100 Å². The predicted molar refractivity (Wildman–Crippen MR) is 268 cm³/mol. The molecule has 12 rings (SSSR count). The second kappa shape index (κ2) is 21.5. The van der Waals surface area contributed by atoms with Crippen molar-refractivity contribution in [3.05, 3.63) is 52.8 Å². The number of nitrogens with zero attached hydrogens (tertiary/aromatic N) is 9. The first-order chi connectivity index (χ1) is 34.9. The van der Waals surface area contributed by atoms with Crippen LogP contribution in [0.2, 0.25) is 0 Å². The number of methoxy groups -OCH3 is 2. The zero-order chi connectivity index (χ0) is 51.7. The zero-order valence-electron chi connectivity index (χ0n) is 43.0. The summed E-state index contributed by atoms with van der Waals surface area (Å²) in [7, 11) is 2.90. The van der Waals surface area contributed by atoms with E-state index in [0.717, 1.165) is 49.1 Å². The average Bonchev–Trinajstić information content (AvgIpc) is 3.32. The number of piperidine rings is 4. The van der Waals surface area contributed by atoms with E-state index in [1.165, 1.54) is 37.7 Å². The SMILES string of the molecule is COC(=O)c1cc(NC2CN(C(C)=O)C2)nc(N2CC3CC(C3)C2)n1.COCOc1ccc2c(c1)CN(C(=O)OC(C)(C)C)[C@H]([C@H](O)CNC(=O)c1cc(NC3CN(C(C)=O)C3)nc(N3CC4CC(C4)C3)n1)C2. The van der Waals surface area contributed by atoms with E-state index < -0.39 is 35.7 Å². The Morgan fingerprint density at radius 2 is 1.23 bits per heavy atom. The first-order valence-corrected chi connectivity index (χ1v) is 25.5. The molecule has 9 heterocycles. The number of carbonyl (C=O) groups is 5. The van der Waals surface area contributed by atoms with E-state index in [4.69, 9.17) is 23.9 Å². The summed E-state index contributed by atoms with van der Waals surface area (Å²) in [6, 6.07) is 8.37. The molecule has 22 nitrogen and oxygen atoms in total. The Bertz CT molecular complexity index is 2520. The Morgan fingerprint density at radius 1 is 0.712 bits per heavy atom. The van der Waals surface area contributed by atoms with E-state index >= 15 is 0 Å². The van der Waals surface area contributed by atoms with E-state index in [1.54, 1.807) is 63.7 Å². The highest BCUT2D eigenvalue weighted by atomic mass is 16.7. The molecule has 9 aliphatic rings. The normalized spacial score (nSPS) is 23.4. The fraction of sp³-hybridized carbons (Fsp3) is 0.627. The minimum absolute atomic E-state index is 0.0233. The fourth-order valence-electron chi connectivity index (χ4n) is 10.9. The second-order valence-electron chi connectivity index (χ2n) is 21.8. The van der Waals surface area contributed by atoms with Gasteiger partial charge in [0.25, 0.3) is 5.91 Å². The lowest BCUT2D eigenvalue weighted by Crippen LogP contribution is -2.56. The summed E-state index contributed by atoms with van der Waals surface area (Å²) >= 11 is 0. The van der Waals surface area contributed by atoms with Crippen molar-refractivity contribution in [2.24, 2.45) is 23.7 Å². The molecule has 394 valence electrons. The van der Waals surface area contributed by atoms with Crippen LogP contribution in [0, 0.1) is 23.7 Å². The van der Waals surface area contributed by atoms with Gasteiger partial charge in [-0.1, -0.05) is 6.07 Å². The summed E-state index contributed by atoms with van der Waals surface area (Å²) < 4.78 is 21.2. The number of aromatic nitrogens is 4. The van der Waals surface area contributed by atoms with Gasteiger partial charge >= 0.3 is 12.1 Å². The number of likely N-dealkylation sites (tertiary alicyclic amines) is 2. The van der Waals surface area contributed by atoms with Gasteiger partial charge in [0.15, 0.2) is 12.5 Å². The molecule has 0 radical (unpaired) electrons. The van der Waals surface area contributed by atoms with Crippen LogP contribution in [0.15, 0.2) is 30.3 Å². The molecule has 7 aliphatic heterocycles. The van der Waals surface area contributed by atoms with Gasteiger partial charge in [0.05, 0.1) is 31.3 Å². The molecule has 0 unspecified atom stereocenters. The van der Waals surface area contributed by atoms with Crippen LogP contribution in [0.4, 0.5) is 28.3 Å². The number of carbonyl (C=O) groups excluding carboxylic acids is 5. The zero-order valence-corrected chi connectivity index (χ0v) is 43.0. The summed E-state index contributed by atoms with van der Waals surface area (Å²) in [6.07, 6.45) is 3.73. The van der Waals surface area contributed by atoms with Gasteiger partial charge in [-0.3, -0.25) is 19.3 Å². The molecule has 8 fully saturated rings. The Balaban J connectivity index is 0.000000219. The highest BCUT2D eigenvalue weighted by Gasteiger charge is 2.41. The number of esters is 1. The van der Waals surface area contributed by atoms with Gasteiger partial charge in [0.1, 0.15) is 28.7 Å². The molecule has 4 N–H and O–H groups in total. The molecular formula is C51H70N12O10. The Kier molecular flexibility index (Phi) is 15.1. The third kappa shape index (κ3) is 12.3. The van der Waals surface area contributed by atoms with Crippen LogP contribution >= 0.6 is 0 Å². The summed E-state index contributed by atoms with van der Waals surface area (Å²) in [5.74, 6) is 4.67. The van der Waals surface area contributed by atoms with Crippen molar-refractivity contribution in [3.63, 3.8) is 0 Å². The minimum Gasteiger partial charge on any atom is -0.468 e. The number of hydrogen-bond donors (Lipinski definition) is 4. The highest BCUT2D eigenvalue weighted by molar-refractivity contribution is 5.93. The molecule has 1 aromatic carbocycles.